The summed E-state index contributed by atoms with van der Waals surface area (Å²) in [6.45, 7) is 11.0. The second kappa shape index (κ2) is 9.53. The Morgan fingerprint density at radius 1 is 1.09 bits per heavy atom. The average Bonchev–Trinajstić information content (AvgIpc) is 3.45. The van der Waals surface area contributed by atoms with Gasteiger partial charge in [0.25, 0.3) is 5.91 Å². The molecule has 4 rings (SSSR count). The van der Waals surface area contributed by atoms with Crippen molar-refractivity contribution in [1.29, 1.82) is 0 Å². The monoisotopic (exact) mass is 452 g/mol. The van der Waals surface area contributed by atoms with Crippen LogP contribution in [0.3, 0.4) is 0 Å². The zero-order chi connectivity index (χ0) is 22.8. The number of likely N-dealkylation sites (N-methyl/N-ethyl adjacent to an activating group) is 1. The van der Waals surface area contributed by atoms with Gasteiger partial charge in [-0.25, -0.2) is 4.99 Å². The van der Waals surface area contributed by atoms with Gasteiger partial charge in [-0.3, -0.25) is 9.59 Å². The number of benzene rings is 1. The second-order valence-corrected chi connectivity index (χ2v) is 9.38. The summed E-state index contributed by atoms with van der Waals surface area (Å²) in [5.41, 5.74) is 4.59. The van der Waals surface area contributed by atoms with E-state index in [0.29, 0.717) is 25.1 Å². The van der Waals surface area contributed by atoms with E-state index in [1.54, 1.807) is 11.8 Å². The molecule has 0 aromatic heterocycles. The van der Waals surface area contributed by atoms with Crippen molar-refractivity contribution in [2.75, 3.05) is 26.2 Å². The van der Waals surface area contributed by atoms with Crippen molar-refractivity contribution in [3.8, 4) is 0 Å². The predicted octanol–water partition coefficient (Wildman–Crippen LogP) is 4.45. The number of carbonyl (C=O) groups is 2. The van der Waals surface area contributed by atoms with Gasteiger partial charge in [0, 0.05) is 31.9 Å². The molecule has 0 N–H and O–H groups in total. The highest BCUT2D eigenvalue weighted by Gasteiger charge is 2.41. The summed E-state index contributed by atoms with van der Waals surface area (Å²) in [5, 5.41) is 2.87. The molecule has 2 amide bonds. The minimum Gasteiger partial charge on any atom is -0.342 e. The molecule has 0 radical (unpaired) electrons. The molecular weight excluding hydrogens is 420 g/mol. The van der Waals surface area contributed by atoms with Gasteiger partial charge in [0.1, 0.15) is 0 Å². The molecule has 32 heavy (non-hydrogen) atoms. The fraction of sp³-hybridized carbons (Fsp3) is 0.480. The molecule has 0 spiro atoms. The maximum Gasteiger partial charge on any atom is 0.254 e. The lowest BCUT2D eigenvalue weighted by Crippen LogP contribution is -2.42. The predicted molar refractivity (Wildman–Crippen MR) is 130 cm³/mol. The van der Waals surface area contributed by atoms with Gasteiger partial charge in [0.15, 0.2) is 5.17 Å². The average molecular weight is 453 g/mol. The summed E-state index contributed by atoms with van der Waals surface area (Å²) in [6, 6.07) is 8.06. The van der Waals surface area contributed by atoms with Crippen LogP contribution in [0.5, 0.6) is 0 Å². The highest BCUT2D eigenvalue weighted by Crippen LogP contribution is 2.45. The number of nitrogens with zero attached hydrogens (tertiary/aromatic N) is 4. The summed E-state index contributed by atoms with van der Waals surface area (Å²) < 4.78 is 0. The molecule has 1 saturated heterocycles. The van der Waals surface area contributed by atoms with E-state index >= 15 is 0 Å². The first-order valence-electron chi connectivity index (χ1n) is 11.5. The van der Waals surface area contributed by atoms with Gasteiger partial charge >= 0.3 is 0 Å². The number of rotatable bonds is 6. The Labute approximate surface area is 195 Å². The number of amidine groups is 1. The normalized spacial score (nSPS) is 20.3. The van der Waals surface area contributed by atoms with Crippen molar-refractivity contribution in [1.82, 2.24) is 14.7 Å². The summed E-state index contributed by atoms with van der Waals surface area (Å²) in [5.74, 6) is 0.171. The van der Waals surface area contributed by atoms with Crippen molar-refractivity contribution < 1.29 is 9.59 Å². The molecule has 3 heterocycles. The molecule has 1 atom stereocenters. The molecule has 1 aromatic carbocycles. The number of aryl methyl sites for hydroxylation is 1. The maximum atomic E-state index is 13.6. The topological polar surface area (TPSA) is 56.2 Å². The van der Waals surface area contributed by atoms with Crippen molar-refractivity contribution in [3.05, 3.63) is 57.8 Å². The summed E-state index contributed by atoms with van der Waals surface area (Å²) in [4.78, 5) is 37.3. The molecule has 1 aromatic rings. The van der Waals surface area contributed by atoms with Gasteiger partial charge < -0.3 is 14.7 Å². The van der Waals surface area contributed by atoms with E-state index in [2.05, 4.69) is 36.1 Å². The number of thioether (sulfide) groups is 1. The smallest absolute Gasteiger partial charge is 0.254 e. The van der Waals surface area contributed by atoms with Crippen LogP contribution in [0.15, 0.2) is 51.6 Å². The van der Waals surface area contributed by atoms with E-state index < -0.39 is 0 Å². The summed E-state index contributed by atoms with van der Waals surface area (Å²) >= 11 is 1.54. The highest BCUT2D eigenvalue weighted by atomic mass is 32.2. The Morgan fingerprint density at radius 3 is 2.38 bits per heavy atom. The van der Waals surface area contributed by atoms with Crippen molar-refractivity contribution in [2.45, 2.75) is 53.0 Å². The minimum atomic E-state index is -0.288. The van der Waals surface area contributed by atoms with Crippen LogP contribution in [0.25, 0.3) is 0 Å². The van der Waals surface area contributed by atoms with Crippen LogP contribution in [0.4, 0.5) is 0 Å². The Bertz CT molecular complexity index is 986. The Hall–Kier alpha value is -2.54. The number of hydrogen-bond donors (Lipinski definition) is 0. The number of amides is 2. The number of carbonyl (C=O) groups excluding carboxylic acids is 2. The molecule has 3 aliphatic rings. The largest absolute Gasteiger partial charge is 0.342 e. The van der Waals surface area contributed by atoms with Crippen molar-refractivity contribution in [3.63, 3.8) is 0 Å². The van der Waals surface area contributed by atoms with Crippen molar-refractivity contribution in [2.24, 2.45) is 4.99 Å². The molecular formula is C25H32N4O2S. The Kier molecular flexibility index (Phi) is 6.74. The molecule has 0 bridgehead atoms. The maximum absolute atomic E-state index is 13.6. The number of allylic oxidation sites excluding steroid dienone is 1. The first kappa shape index (κ1) is 22.6. The standard InChI is InChI=1S/C25H32N4O2S/c1-5-27(6-2)24(31)22-18(4)26-25-29(23(22)19-11-9-17(3)10-12-19)20(16-32-25)15-21(30)28-13-7-8-14-28/h9-12,16,23H,5-8,13-15H2,1-4H3. The zero-order valence-electron chi connectivity index (χ0n) is 19.4. The highest BCUT2D eigenvalue weighted by molar-refractivity contribution is 8.16. The van der Waals surface area contributed by atoms with Crippen LogP contribution in [0.2, 0.25) is 0 Å². The third-order valence-corrected chi connectivity index (χ3v) is 7.35. The Balaban J connectivity index is 1.73. The Morgan fingerprint density at radius 2 is 1.75 bits per heavy atom. The van der Waals surface area contributed by atoms with Gasteiger partial charge in [0.05, 0.1) is 23.7 Å². The minimum absolute atomic E-state index is 0.0167. The number of fused-ring (bicyclic) bond motifs is 1. The number of aliphatic imine (C=N–C) groups is 1. The quantitative estimate of drug-likeness (QED) is 0.640. The molecule has 170 valence electrons. The van der Waals surface area contributed by atoms with E-state index in [9.17, 15) is 9.59 Å². The lowest BCUT2D eigenvalue weighted by atomic mass is 9.92. The van der Waals surface area contributed by atoms with E-state index in [4.69, 9.17) is 4.99 Å². The molecule has 3 aliphatic heterocycles. The van der Waals surface area contributed by atoms with Crippen LogP contribution in [-0.2, 0) is 9.59 Å². The van der Waals surface area contributed by atoms with Crippen LogP contribution < -0.4 is 0 Å². The van der Waals surface area contributed by atoms with Gasteiger partial charge in [-0.2, -0.15) is 0 Å². The lowest BCUT2D eigenvalue weighted by molar-refractivity contribution is -0.129. The SMILES string of the molecule is CCN(CC)C(=O)C1=C(C)N=C2SC=C(CC(=O)N3CCCC3)N2C1c1ccc(C)cc1. The molecule has 7 heteroatoms. The second-order valence-electron chi connectivity index (χ2n) is 8.55. The molecule has 6 nitrogen and oxygen atoms in total. The van der Waals surface area contributed by atoms with Crippen LogP contribution in [0.1, 0.15) is 57.2 Å². The van der Waals surface area contributed by atoms with Crippen LogP contribution >= 0.6 is 11.8 Å². The van der Waals surface area contributed by atoms with E-state index in [-0.39, 0.29) is 17.9 Å². The van der Waals surface area contributed by atoms with Gasteiger partial charge in [-0.05, 0) is 51.5 Å². The molecule has 0 saturated carbocycles. The third kappa shape index (κ3) is 4.22. The molecule has 1 fully saturated rings. The van der Waals surface area contributed by atoms with Crippen LogP contribution in [-0.4, -0.2) is 57.9 Å². The van der Waals surface area contributed by atoms with Gasteiger partial charge in [-0.15, -0.1) is 0 Å². The first-order chi connectivity index (χ1) is 15.4. The zero-order valence-corrected chi connectivity index (χ0v) is 20.2. The van der Waals surface area contributed by atoms with E-state index in [1.807, 2.05) is 36.0 Å². The summed E-state index contributed by atoms with van der Waals surface area (Å²) in [6.07, 6.45) is 2.49. The fourth-order valence-electron chi connectivity index (χ4n) is 4.62. The van der Waals surface area contributed by atoms with Crippen molar-refractivity contribution >= 4 is 28.7 Å². The molecule has 0 aliphatic carbocycles. The molecule has 1 unspecified atom stereocenters. The third-order valence-electron chi connectivity index (χ3n) is 6.47. The number of likely N-dealkylation sites (tertiary alicyclic amines) is 1. The number of hydrogen-bond acceptors (Lipinski definition) is 5. The van der Waals surface area contributed by atoms with Gasteiger partial charge in [-0.1, -0.05) is 41.6 Å². The summed E-state index contributed by atoms with van der Waals surface area (Å²) in [7, 11) is 0. The van der Waals surface area contributed by atoms with E-state index in [1.165, 1.54) is 5.56 Å². The van der Waals surface area contributed by atoms with Crippen LogP contribution in [0, 0.1) is 6.92 Å². The first-order valence-corrected chi connectivity index (χ1v) is 12.4. The fourth-order valence-corrected chi connectivity index (χ4v) is 5.59. The van der Waals surface area contributed by atoms with Gasteiger partial charge in [0.2, 0.25) is 5.91 Å². The lowest BCUT2D eigenvalue weighted by Gasteiger charge is -2.38. The van der Waals surface area contributed by atoms with E-state index in [0.717, 1.165) is 48.1 Å².